The Labute approximate surface area is 153 Å². The maximum absolute atomic E-state index is 12.9. The number of aromatic nitrogens is 2. The number of anilines is 1. The van der Waals surface area contributed by atoms with Gasteiger partial charge >= 0.3 is 6.18 Å². The summed E-state index contributed by atoms with van der Waals surface area (Å²) in [5.41, 5.74) is 0.175. The third kappa shape index (κ3) is 4.52. The third-order valence-corrected chi connectivity index (χ3v) is 3.60. The molecule has 5 nitrogen and oxygen atoms in total. The van der Waals surface area contributed by atoms with Gasteiger partial charge in [0.25, 0.3) is 0 Å². The fourth-order valence-electron chi connectivity index (χ4n) is 2.31. The molecule has 0 atom stereocenters. The van der Waals surface area contributed by atoms with Crippen molar-refractivity contribution in [3.8, 4) is 17.7 Å². The number of benzene rings is 1. The van der Waals surface area contributed by atoms with Crippen molar-refractivity contribution in [2.45, 2.75) is 12.7 Å². The van der Waals surface area contributed by atoms with E-state index in [1.54, 1.807) is 30.5 Å². The molecule has 0 aliphatic rings. The van der Waals surface area contributed by atoms with Crippen molar-refractivity contribution in [3.05, 3.63) is 77.6 Å². The lowest BCUT2D eigenvalue weighted by atomic mass is 10.2. The van der Waals surface area contributed by atoms with Gasteiger partial charge in [0.1, 0.15) is 17.6 Å². The number of hydrogen-bond donors (Lipinski definition) is 1. The van der Waals surface area contributed by atoms with E-state index in [2.05, 4.69) is 15.3 Å². The van der Waals surface area contributed by atoms with Gasteiger partial charge in [-0.05, 0) is 36.4 Å². The van der Waals surface area contributed by atoms with E-state index in [0.29, 0.717) is 16.9 Å². The monoisotopic (exact) mass is 370 g/mol. The Bertz CT molecular complexity index is 983. The Kier molecular flexibility index (Phi) is 5.22. The molecule has 3 aromatic rings. The first-order chi connectivity index (χ1) is 13.0. The normalized spacial score (nSPS) is 10.9. The summed E-state index contributed by atoms with van der Waals surface area (Å²) in [4.78, 5) is 8.19. The zero-order valence-corrected chi connectivity index (χ0v) is 13.9. The molecular weight excluding hydrogens is 357 g/mol. The molecule has 0 fully saturated rings. The fourth-order valence-corrected chi connectivity index (χ4v) is 2.31. The molecule has 0 unspecified atom stereocenters. The number of nitrogens with zero attached hydrogens (tertiary/aromatic N) is 3. The van der Waals surface area contributed by atoms with E-state index >= 15 is 0 Å². The summed E-state index contributed by atoms with van der Waals surface area (Å²) in [6, 6.07) is 13.3. The van der Waals surface area contributed by atoms with Crippen molar-refractivity contribution in [1.82, 2.24) is 9.97 Å². The molecule has 0 aliphatic heterocycles. The molecule has 3 rings (SSSR count). The predicted octanol–water partition coefficient (Wildman–Crippen LogP) is 4.77. The number of halogens is 3. The second-order valence-corrected chi connectivity index (χ2v) is 5.46. The van der Waals surface area contributed by atoms with Crippen molar-refractivity contribution in [2.24, 2.45) is 0 Å². The van der Waals surface area contributed by atoms with Crippen LogP contribution in [-0.2, 0) is 12.7 Å². The highest BCUT2D eigenvalue weighted by molar-refractivity contribution is 5.51. The Hall–Kier alpha value is -3.60. The van der Waals surface area contributed by atoms with Gasteiger partial charge < -0.3 is 10.1 Å². The van der Waals surface area contributed by atoms with Crippen LogP contribution in [0.4, 0.5) is 19.0 Å². The minimum atomic E-state index is -4.46. The second kappa shape index (κ2) is 7.74. The van der Waals surface area contributed by atoms with Crippen LogP contribution in [0.15, 0.2) is 60.9 Å². The standard InChI is InChI=1S/C19H13F3N4O/c20-19(21,22)15-6-1-7-16(10-15)27-18-14(5-3-9-25-18)12-26-17-13(11-23)4-2-8-24-17/h1-10H,12H2,(H,24,26). The highest BCUT2D eigenvalue weighted by atomic mass is 19.4. The van der Waals surface area contributed by atoms with Crippen LogP contribution in [0.3, 0.4) is 0 Å². The fraction of sp³-hybridized carbons (Fsp3) is 0.105. The number of alkyl halides is 3. The van der Waals surface area contributed by atoms with E-state index < -0.39 is 11.7 Å². The molecule has 2 heterocycles. The van der Waals surface area contributed by atoms with Gasteiger partial charge in [-0.1, -0.05) is 12.1 Å². The molecule has 2 aromatic heterocycles. The summed E-state index contributed by atoms with van der Waals surface area (Å²) in [6.07, 6.45) is -1.43. The first-order valence-corrected chi connectivity index (χ1v) is 7.85. The first-order valence-electron chi connectivity index (χ1n) is 7.85. The Balaban J connectivity index is 1.80. The van der Waals surface area contributed by atoms with E-state index in [1.165, 1.54) is 18.3 Å². The first kappa shape index (κ1) is 18.2. The highest BCUT2D eigenvalue weighted by Crippen LogP contribution is 2.33. The predicted molar refractivity (Wildman–Crippen MR) is 92.0 cm³/mol. The number of nitriles is 1. The minimum Gasteiger partial charge on any atom is -0.439 e. The molecule has 0 saturated heterocycles. The summed E-state index contributed by atoms with van der Waals surface area (Å²) in [5.74, 6) is 0.591. The van der Waals surface area contributed by atoms with Crippen LogP contribution >= 0.6 is 0 Å². The lowest BCUT2D eigenvalue weighted by Crippen LogP contribution is -2.06. The van der Waals surface area contributed by atoms with E-state index in [1.807, 2.05) is 6.07 Å². The minimum absolute atomic E-state index is 0.0281. The van der Waals surface area contributed by atoms with Gasteiger partial charge in [-0.3, -0.25) is 0 Å². The van der Waals surface area contributed by atoms with Crippen LogP contribution in [0.1, 0.15) is 16.7 Å². The van der Waals surface area contributed by atoms with E-state index in [9.17, 15) is 13.2 Å². The van der Waals surface area contributed by atoms with Crippen LogP contribution < -0.4 is 10.1 Å². The largest absolute Gasteiger partial charge is 0.439 e. The van der Waals surface area contributed by atoms with Crippen LogP contribution in [0.5, 0.6) is 11.6 Å². The van der Waals surface area contributed by atoms with Crippen molar-refractivity contribution < 1.29 is 17.9 Å². The van der Waals surface area contributed by atoms with Gasteiger partial charge in [-0.25, -0.2) is 9.97 Å². The maximum Gasteiger partial charge on any atom is 0.416 e. The Morgan fingerprint density at radius 2 is 1.81 bits per heavy atom. The van der Waals surface area contributed by atoms with Crippen LogP contribution in [-0.4, -0.2) is 9.97 Å². The molecule has 1 aromatic carbocycles. The molecule has 0 amide bonds. The third-order valence-electron chi connectivity index (χ3n) is 3.60. The molecule has 136 valence electrons. The molecular formula is C19H13F3N4O. The summed E-state index contributed by atoms with van der Waals surface area (Å²) >= 11 is 0. The smallest absolute Gasteiger partial charge is 0.416 e. The molecule has 0 saturated carbocycles. The molecule has 1 N–H and O–H groups in total. The molecule has 0 radical (unpaired) electrons. The van der Waals surface area contributed by atoms with Gasteiger partial charge in [0.2, 0.25) is 5.88 Å². The van der Waals surface area contributed by atoms with Gasteiger partial charge in [-0.2, -0.15) is 18.4 Å². The van der Waals surface area contributed by atoms with Crippen molar-refractivity contribution in [2.75, 3.05) is 5.32 Å². The number of ether oxygens (including phenoxy) is 1. The summed E-state index contributed by atoms with van der Waals surface area (Å²) in [6.45, 7) is 0.230. The SMILES string of the molecule is N#Cc1cccnc1NCc1cccnc1Oc1cccc(C(F)(F)F)c1. The summed E-state index contributed by atoms with van der Waals surface area (Å²) in [7, 11) is 0. The van der Waals surface area contributed by atoms with E-state index in [-0.39, 0.29) is 18.2 Å². The van der Waals surface area contributed by atoms with Crippen LogP contribution in [0.25, 0.3) is 0 Å². The second-order valence-electron chi connectivity index (χ2n) is 5.46. The topological polar surface area (TPSA) is 70.8 Å². The zero-order chi connectivity index (χ0) is 19.3. The van der Waals surface area contributed by atoms with Crippen molar-refractivity contribution >= 4 is 5.82 Å². The maximum atomic E-state index is 12.9. The quantitative estimate of drug-likeness (QED) is 0.700. The van der Waals surface area contributed by atoms with Gasteiger partial charge in [0.05, 0.1) is 11.1 Å². The number of rotatable bonds is 5. The van der Waals surface area contributed by atoms with Gasteiger partial charge in [0, 0.05) is 24.5 Å². The molecule has 8 heteroatoms. The van der Waals surface area contributed by atoms with Crippen LogP contribution in [0, 0.1) is 11.3 Å². The van der Waals surface area contributed by atoms with Gasteiger partial charge in [-0.15, -0.1) is 0 Å². The average molecular weight is 370 g/mol. The van der Waals surface area contributed by atoms with Crippen molar-refractivity contribution in [1.29, 1.82) is 5.26 Å². The van der Waals surface area contributed by atoms with Gasteiger partial charge in [0.15, 0.2) is 0 Å². The highest BCUT2D eigenvalue weighted by Gasteiger charge is 2.30. The zero-order valence-electron chi connectivity index (χ0n) is 13.9. The lowest BCUT2D eigenvalue weighted by Gasteiger charge is -2.13. The van der Waals surface area contributed by atoms with E-state index in [4.69, 9.17) is 10.00 Å². The lowest BCUT2D eigenvalue weighted by molar-refractivity contribution is -0.137. The summed E-state index contributed by atoms with van der Waals surface area (Å²) < 4.78 is 44.1. The number of nitrogens with one attached hydrogen (secondary N) is 1. The molecule has 0 aliphatic carbocycles. The van der Waals surface area contributed by atoms with Crippen LogP contribution in [0.2, 0.25) is 0 Å². The summed E-state index contributed by atoms with van der Waals surface area (Å²) in [5, 5.41) is 12.1. The molecule has 27 heavy (non-hydrogen) atoms. The molecule has 0 bridgehead atoms. The number of pyridine rings is 2. The Morgan fingerprint density at radius 1 is 1.04 bits per heavy atom. The van der Waals surface area contributed by atoms with E-state index in [0.717, 1.165) is 12.1 Å². The molecule has 0 spiro atoms. The Morgan fingerprint density at radius 3 is 2.59 bits per heavy atom. The average Bonchev–Trinajstić information content (AvgIpc) is 2.67. The van der Waals surface area contributed by atoms with Crippen molar-refractivity contribution in [3.63, 3.8) is 0 Å². The number of hydrogen-bond acceptors (Lipinski definition) is 5.